The highest BCUT2D eigenvalue weighted by Gasteiger charge is 2.70. The molecule has 72 valence electrons. The molecule has 0 spiro atoms. The molecule has 0 aromatic heterocycles. The summed E-state index contributed by atoms with van der Waals surface area (Å²) in [5.74, 6) is -0.381. The van der Waals surface area contributed by atoms with Crippen LogP contribution in [0.1, 0.15) is 27.2 Å². The summed E-state index contributed by atoms with van der Waals surface area (Å²) in [6, 6.07) is 0. The summed E-state index contributed by atoms with van der Waals surface area (Å²) < 4.78 is 0. The van der Waals surface area contributed by atoms with E-state index in [4.69, 9.17) is 0 Å². The van der Waals surface area contributed by atoms with E-state index in [2.05, 4.69) is 15.9 Å². The fourth-order valence-corrected chi connectivity index (χ4v) is 3.96. The van der Waals surface area contributed by atoms with Crippen LogP contribution in [0.2, 0.25) is 0 Å². The van der Waals surface area contributed by atoms with Crippen molar-refractivity contribution in [3.63, 3.8) is 0 Å². The third-order valence-electron chi connectivity index (χ3n) is 4.29. The van der Waals surface area contributed by atoms with Crippen molar-refractivity contribution in [1.29, 1.82) is 0 Å². The average molecular weight is 245 g/mol. The summed E-state index contributed by atoms with van der Waals surface area (Å²) in [6.45, 7) is 5.98. The fraction of sp³-hybridized carbons (Fsp3) is 0.800. The maximum atomic E-state index is 11.7. The molecule has 2 saturated carbocycles. The monoisotopic (exact) mass is 244 g/mol. The molecule has 2 aliphatic rings. The second-order valence-electron chi connectivity index (χ2n) is 4.87. The van der Waals surface area contributed by atoms with Gasteiger partial charge in [-0.3, -0.25) is 9.59 Å². The number of alkyl halides is 1. The third kappa shape index (κ3) is 0.756. The molecular weight excluding hydrogens is 232 g/mol. The van der Waals surface area contributed by atoms with Gasteiger partial charge in [-0.1, -0.05) is 36.7 Å². The Morgan fingerprint density at radius 1 is 1.31 bits per heavy atom. The van der Waals surface area contributed by atoms with Crippen molar-refractivity contribution in [3.05, 3.63) is 0 Å². The highest BCUT2D eigenvalue weighted by molar-refractivity contribution is 9.09. The zero-order valence-electron chi connectivity index (χ0n) is 8.06. The molecule has 0 saturated heterocycles. The van der Waals surface area contributed by atoms with Crippen LogP contribution in [0.15, 0.2) is 0 Å². The number of halogens is 1. The van der Waals surface area contributed by atoms with E-state index >= 15 is 0 Å². The number of carbonyl (C=O) groups is 2. The standard InChI is InChI=1S/C10H13BrO2/c1-9(2)5-4-6(11)10(9,3)8(13)7(5)12/h5-6H,4H2,1-3H3/t5-,6?,10+/m1/s1. The molecule has 2 bridgehead atoms. The van der Waals surface area contributed by atoms with Crippen molar-refractivity contribution in [1.82, 2.24) is 0 Å². The zero-order valence-corrected chi connectivity index (χ0v) is 9.64. The summed E-state index contributed by atoms with van der Waals surface area (Å²) in [5, 5.41) is 0. The lowest BCUT2D eigenvalue weighted by atomic mass is 9.70. The maximum Gasteiger partial charge on any atom is 0.206 e. The molecule has 0 radical (unpaired) electrons. The molecule has 0 aliphatic heterocycles. The quantitative estimate of drug-likeness (QED) is 0.483. The minimum absolute atomic E-state index is 0.0608. The van der Waals surface area contributed by atoms with Crippen LogP contribution in [0.5, 0.6) is 0 Å². The van der Waals surface area contributed by atoms with Gasteiger partial charge in [-0.15, -0.1) is 0 Å². The fourth-order valence-electron chi connectivity index (χ4n) is 2.79. The van der Waals surface area contributed by atoms with Gasteiger partial charge in [-0.25, -0.2) is 0 Å². The number of Topliss-reactive ketones (excluding diaryl/α,β-unsaturated/α-hetero) is 2. The first-order chi connectivity index (χ1) is 5.83. The molecule has 0 aromatic carbocycles. The topological polar surface area (TPSA) is 34.1 Å². The predicted molar refractivity (Wildman–Crippen MR) is 52.7 cm³/mol. The molecule has 0 heterocycles. The van der Waals surface area contributed by atoms with Gasteiger partial charge in [0.05, 0.1) is 5.41 Å². The Kier molecular flexibility index (Phi) is 1.62. The average Bonchev–Trinajstić information content (AvgIpc) is 2.28. The Morgan fingerprint density at radius 2 is 1.85 bits per heavy atom. The lowest BCUT2D eigenvalue weighted by Crippen LogP contribution is -2.40. The van der Waals surface area contributed by atoms with Gasteiger partial charge >= 0.3 is 0 Å². The summed E-state index contributed by atoms with van der Waals surface area (Å²) in [7, 11) is 0. The third-order valence-corrected chi connectivity index (χ3v) is 5.58. The van der Waals surface area contributed by atoms with E-state index < -0.39 is 5.41 Å². The Morgan fingerprint density at radius 3 is 2.15 bits per heavy atom. The van der Waals surface area contributed by atoms with Gasteiger partial charge in [0.2, 0.25) is 11.6 Å². The highest BCUT2D eigenvalue weighted by atomic mass is 79.9. The molecule has 2 rings (SSSR count). The molecule has 1 unspecified atom stereocenters. The molecule has 0 amide bonds. The lowest BCUT2D eigenvalue weighted by Gasteiger charge is -2.33. The second-order valence-corrected chi connectivity index (χ2v) is 5.98. The number of carbonyl (C=O) groups excluding carboxylic acids is 2. The van der Waals surface area contributed by atoms with Gasteiger partial charge in [-0.05, 0) is 11.8 Å². The van der Waals surface area contributed by atoms with Crippen molar-refractivity contribution in [3.8, 4) is 0 Å². The van der Waals surface area contributed by atoms with Crippen LogP contribution in [-0.2, 0) is 9.59 Å². The minimum Gasteiger partial charge on any atom is -0.291 e. The first-order valence-electron chi connectivity index (χ1n) is 4.56. The lowest BCUT2D eigenvalue weighted by molar-refractivity contribution is -0.140. The van der Waals surface area contributed by atoms with E-state index in [-0.39, 0.29) is 27.7 Å². The molecule has 0 aromatic rings. The van der Waals surface area contributed by atoms with Crippen molar-refractivity contribution in [2.45, 2.75) is 32.0 Å². The van der Waals surface area contributed by atoms with Crippen molar-refractivity contribution in [2.24, 2.45) is 16.7 Å². The van der Waals surface area contributed by atoms with Crippen LogP contribution in [0.4, 0.5) is 0 Å². The van der Waals surface area contributed by atoms with E-state index in [1.807, 2.05) is 20.8 Å². The number of ketones is 2. The van der Waals surface area contributed by atoms with Crippen LogP contribution < -0.4 is 0 Å². The highest BCUT2D eigenvalue weighted by Crippen LogP contribution is 2.64. The molecule has 3 heteroatoms. The van der Waals surface area contributed by atoms with Gasteiger partial charge in [0.15, 0.2) is 0 Å². The molecule has 2 fully saturated rings. The maximum absolute atomic E-state index is 11.7. The molecule has 2 nitrogen and oxygen atoms in total. The molecular formula is C10H13BrO2. The zero-order chi connectivity index (χ0) is 10.0. The van der Waals surface area contributed by atoms with Crippen LogP contribution >= 0.6 is 15.9 Å². The van der Waals surface area contributed by atoms with Gasteiger partial charge < -0.3 is 0 Å². The van der Waals surface area contributed by atoms with E-state index in [1.54, 1.807) is 0 Å². The van der Waals surface area contributed by atoms with E-state index in [0.717, 1.165) is 6.42 Å². The summed E-state index contributed by atoms with van der Waals surface area (Å²) in [5.41, 5.74) is -0.649. The summed E-state index contributed by atoms with van der Waals surface area (Å²) in [4.78, 5) is 23.5. The van der Waals surface area contributed by atoms with Gasteiger partial charge in [0.25, 0.3) is 0 Å². The Balaban J connectivity index is 2.60. The Hall–Kier alpha value is -0.180. The van der Waals surface area contributed by atoms with E-state index in [9.17, 15) is 9.59 Å². The van der Waals surface area contributed by atoms with E-state index in [1.165, 1.54) is 0 Å². The minimum atomic E-state index is -0.477. The van der Waals surface area contributed by atoms with Crippen molar-refractivity contribution in [2.75, 3.05) is 0 Å². The van der Waals surface area contributed by atoms with Crippen LogP contribution in [0.3, 0.4) is 0 Å². The summed E-state index contributed by atoms with van der Waals surface area (Å²) in [6.07, 6.45) is 0.814. The van der Waals surface area contributed by atoms with Gasteiger partial charge in [-0.2, -0.15) is 0 Å². The number of hydrogen-bond acceptors (Lipinski definition) is 2. The van der Waals surface area contributed by atoms with E-state index in [0.29, 0.717) is 0 Å². The first kappa shape index (κ1) is 9.38. The molecule has 0 N–H and O–H groups in total. The van der Waals surface area contributed by atoms with Crippen LogP contribution in [0, 0.1) is 16.7 Å². The van der Waals surface area contributed by atoms with Gasteiger partial charge in [0, 0.05) is 10.7 Å². The molecule has 3 atom stereocenters. The molecule has 2 aliphatic carbocycles. The second kappa shape index (κ2) is 2.25. The number of rotatable bonds is 0. The SMILES string of the molecule is CC1(C)[C@@H]2CC(Br)[C@@]1(C)C(=O)C2=O. The number of fused-ring (bicyclic) bond motifs is 2. The molecule has 13 heavy (non-hydrogen) atoms. The van der Waals surface area contributed by atoms with Gasteiger partial charge in [0.1, 0.15) is 0 Å². The van der Waals surface area contributed by atoms with Crippen molar-refractivity contribution >= 4 is 27.5 Å². The Labute approximate surface area is 86.2 Å². The number of hydrogen-bond donors (Lipinski definition) is 0. The van der Waals surface area contributed by atoms with Crippen LogP contribution in [-0.4, -0.2) is 16.4 Å². The smallest absolute Gasteiger partial charge is 0.206 e. The van der Waals surface area contributed by atoms with Crippen molar-refractivity contribution < 1.29 is 9.59 Å². The normalized spacial score (nSPS) is 47.4. The Bertz CT molecular complexity index is 308. The predicted octanol–water partition coefficient (Wildman–Crippen LogP) is 1.95. The first-order valence-corrected chi connectivity index (χ1v) is 5.47. The summed E-state index contributed by atoms with van der Waals surface area (Å²) >= 11 is 3.52. The van der Waals surface area contributed by atoms with Crippen LogP contribution in [0.25, 0.3) is 0 Å². The largest absolute Gasteiger partial charge is 0.291 e.